The van der Waals surface area contributed by atoms with Crippen LogP contribution in [0.3, 0.4) is 0 Å². The normalized spacial score (nSPS) is 19.2. The summed E-state index contributed by atoms with van der Waals surface area (Å²) in [4.78, 5) is 0. The minimum atomic E-state index is 0.301. The van der Waals surface area contributed by atoms with Gasteiger partial charge in [0.15, 0.2) is 0 Å². The average molecular weight is 226 g/mol. The molecule has 0 N–H and O–H groups in total. The fourth-order valence-corrected chi connectivity index (χ4v) is 2.12. The Morgan fingerprint density at radius 3 is 2.71 bits per heavy atom. The molecule has 1 aliphatic heterocycles. The van der Waals surface area contributed by atoms with Crippen molar-refractivity contribution in [2.75, 3.05) is 0 Å². The largest absolute Gasteiger partial charge is 0.460 e. The molecule has 1 heteroatoms. The molecule has 1 heterocycles. The second kappa shape index (κ2) is 5.05. The lowest BCUT2D eigenvalue weighted by Gasteiger charge is -2.02. The first kappa shape index (κ1) is 11.7. The number of rotatable bonds is 0. The fraction of sp³-hybridized carbons (Fsp3) is 0.250. The van der Waals surface area contributed by atoms with Crippen molar-refractivity contribution >= 4 is 0 Å². The van der Waals surface area contributed by atoms with Crippen molar-refractivity contribution in [3.8, 4) is 5.75 Å². The predicted molar refractivity (Wildman–Crippen MR) is 72.3 cm³/mol. The fourth-order valence-electron chi connectivity index (χ4n) is 2.12. The summed E-state index contributed by atoms with van der Waals surface area (Å²) >= 11 is 0. The molecule has 0 spiro atoms. The zero-order valence-electron chi connectivity index (χ0n) is 10.6. The van der Waals surface area contributed by atoms with Gasteiger partial charge in [-0.1, -0.05) is 56.4 Å². The van der Waals surface area contributed by atoms with Crippen molar-refractivity contribution in [2.24, 2.45) is 0 Å². The Morgan fingerprint density at radius 2 is 1.88 bits per heavy atom. The molecule has 0 aromatic heterocycles. The van der Waals surface area contributed by atoms with Crippen molar-refractivity contribution in [3.63, 3.8) is 0 Å². The lowest BCUT2D eigenvalue weighted by atomic mass is 9.97. The molecule has 3 rings (SSSR count). The van der Waals surface area contributed by atoms with E-state index in [9.17, 15) is 0 Å². The third-order valence-corrected chi connectivity index (χ3v) is 2.89. The topological polar surface area (TPSA) is 9.23 Å². The highest BCUT2D eigenvalue weighted by Crippen LogP contribution is 2.43. The monoisotopic (exact) mass is 226 g/mol. The molecular formula is C16H18O. The number of allylic oxidation sites excluding steroid dienone is 5. The molecule has 17 heavy (non-hydrogen) atoms. The maximum absolute atomic E-state index is 5.88. The van der Waals surface area contributed by atoms with Gasteiger partial charge >= 0.3 is 0 Å². The molecule has 1 unspecified atom stereocenters. The van der Waals surface area contributed by atoms with Crippen LogP contribution in [0.1, 0.15) is 30.9 Å². The maximum Gasteiger partial charge on any atom is 0.134 e. The van der Waals surface area contributed by atoms with Gasteiger partial charge in [0, 0.05) is 5.56 Å². The molecule has 1 aliphatic carbocycles. The Kier molecular flexibility index (Phi) is 3.48. The number of hydrogen-bond donors (Lipinski definition) is 0. The molecule has 0 saturated heterocycles. The molecule has 0 bridgehead atoms. The van der Waals surface area contributed by atoms with Crippen LogP contribution in [-0.4, -0.2) is 0 Å². The summed E-state index contributed by atoms with van der Waals surface area (Å²) in [5.41, 5.74) is 2.49. The van der Waals surface area contributed by atoms with E-state index in [1.165, 1.54) is 11.1 Å². The Labute approximate surface area is 103 Å². The van der Waals surface area contributed by atoms with Gasteiger partial charge in [-0.15, -0.1) is 0 Å². The molecule has 0 saturated carbocycles. The number of para-hydroxylation sites is 1. The first-order valence-corrected chi connectivity index (χ1v) is 6.18. The molecule has 1 aromatic carbocycles. The molecular weight excluding hydrogens is 208 g/mol. The zero-order valence-corrected chi connectivity index (χ0v) is 10.6. The molecule has 88 valence electrons. The van der Waals surface area contributed by atoms with E-state index < -0.39 is 0 Å². The summed E-state index contributed by atoms with van der Waals surface area (Å²) in [6.07, 6.45) is 10.4. The Hall–Kier alpha value is -1.76. The summed E-state index contributed by atoms with van der Waals surface area (Å²) in [6.45, 7) is 6.09. The van der Waals surface area contributed by atoms with E-state index in [-0.39, 0.29) is 0 Å². The second-order valence-electron chi connectivity index (χ2n) is 3.91. The smallest absolute Gasteiger partial charge is 0.134 e. The first-order chi connectivity index (χ1) is 8.36. The highest BCUT2D eigenvalue weighted by atomic mass is 16.5. The zero-order chi connectivity index (χ0) is 12.3. The number of aryl methyl sites for hydroxylation is 1. The van der Waals surface area contributed by atoms with Gasteiger partial charge in [-0.25, -0.2) is 0 Å². The maximum atomic E-state index is 5.88. The van der Waals surface area contributed by atoms with Crippen LogP contribution in [0.25, 0.3) is 0 Å². The molecule has 1 nitrogen and oxygen atoms in total. The van der Waals surface area contributed by atoms with Gasteiger partial charge in [-0.2, -0.15) is 0 Å². The average Bonchev–Trinajstić information content (AvgIpc) is 2.58. The third-order valence-electron chi connectivity index (χ3n) is 2.89. The summed E-state index contributed by atoms with van der Waals surface area (Å²) in [5.74, 6) is 2.37. The number of hydrogen-bond acceptors (Lipinski definition) is 1. The van der Waals surface area contributed by atoms with E-state index in [1.54, 1.807) is 0 Å². The van der Waals surface area contributed by atoms with Gasteiger partial charge in [-0.3, -0.25) is 0 Å². The number of fused-ring (bicyclic) bond motifs is 3. The highest BCUT2D eigenvalue weighted by molar-refractivity contribution is 5.54. The minimum absolute atomic E-state index is 0.301. The summed E-state index contributed by atoms with van der Waals surface area (Å²) in [6, 6.07) is 6.32. The van der Waals surface area contributed by atoms with E-state index in [1.807, 2.05) is 32.1 Å². The van der Waals surface area contributed by atoms with Crippen LogP contribution in [0.2, 0.25) is 0 Å². The highest BCUT2D eigenvalue weighted by Gasteiger charge is 2.28. The third kappa shape index (κ3) is 2.05. The Morgan fingerprint density at radius 1 is 1.06 bits per heavy atom. The van der Waals surface area contributed by atoms with Gasteiger partial charge < -0.3 is 4.74 Å². The number of benzene rings is 1. The molecule has 0 radical (unpaired) electrons. The standard InChI is InChI=1S/C14H12O.C2H6/c1-10-6-5-8-12-11-7-3-2-4-9-13(11)15-14(10)12;1-2/h2-9,11H,1H3;1-2H3. The SMILES string of the molecule is CC.Cc1cccc2c1OC1=CC=CC=CC12. The first-order valence-electron chi connectivity index (χ1n) is 6.18. The summed E-state index contributed by atoms with van der Waals surface area (Å²) < 4.78 is 5.88. The number of ether oxygens (including phenoxy) is 1. The molecule has 1 atom stereocenters. The van der Waals surface area contributed by atoms with Crippen molar-refractivity contribution in [1.29, 1.82) is 0 Å². The quantitative estimate of drug-likeness (QED) is 0.632. The van der Waals surface area contributed by atoms with Gasteiger partial charge in [0.2, 0.25) is 0 Å². The van der Waals surface area contributed by atoms with Crippen molar-refractivity contribution in [3.05, 3.63) is 65.5 Å². The molecule has 1 aromatic rings. The predicted octanol–water partition coefficient (Wildman–Crippen LogP) is 4.51. The Balaban J connectivity index is 0.000000514. The van der Waals surface area contributed by atoms with Crippen molar-refractivity contribution in [2.45, 2.75) is 26.7 Å². The van der Waals surface area contributed by atoms with E-state index in [2.05, 4.69) is 37.3 Å². The van der Waals surface area contributed by atoms with Gasteiger partial charge in [0.1, 0.15) is 11.5 Å². The van der Waals surface area contributed by atoms with Crippen LogP contribution in [-0.2, 0) is 0 Å². The van der Waals surface area contributed by atoms with Crippen LogP contribution in [0, 0.1) is 6.92 Å². The van der Waals surface area contributed by atoms with Crippen LogP contribution in [0.15, 0.2) is 54.3 Å². The van der Waals surface area contributed by atoms with Crippen LogP contribution in [0.5, 0.6) is 5.75 Å². The Bertz CT molecular complexity index is 492. The second-order valence-corrected chi connectivity index (χ2v) is 3.91. The van der Waals surface area contributed by atoms with Crippen LogP contribution in [0.4, 0.5) is 0 Å². The van der Waals surface area contributed by atoms with Crippen molar-refractivity contribution < 1.29 is 4.74 Å². The summed E-state index contributed by atoms with van der Waals surface area (Å²) in [7, 11) is 0. The van der Waals surface area contributed by atoms with Gasteiger partial charge in [0.25, 0.3) is 0 Å². The molecule has 0 amide bonds. The molecule has 0 fully saturated rings. The van der Waals surface area contributed by atoms with Gasteiger partial charge in [0.05, 0.1) is 5.92 Å². The lowest BCUT2D eigenvalue weighted by molar-refractivity contribution is 0.436. The minimum Gasteiger partial charge on any atom is -0.460 e. The van der Waals surface area contributed by atoms with Crippen LogP contribution < -0.4 is 4.74 Å². The molecule has 2 aliphatic rings. The lowest BCUT2D eigenvalue weighted by Crippen LogP contribution is -1.93. The van der Waals surface area contributed by atoms with Gasteiger partial charge in [-0.05, 0) is 18.6 Å². The summed E-state index contributed by atoms with van der Waals surface area (Å²) in [5, 5.41) is 0. The van der Waals surface area contributed by atoms with Crippen molar-refractivity contribution in [1.82, 2.24) is 0 Å². The van der Waals surface area contributed by atoms with E-state index in [4.69, 9.17) is 4.74 Å². The van der Waals surface area contributed by atoms with E-state index in [0.29, 0.717) is 5.92 Å². The van der Waals surface area contributed by atoms with E-state index in [0.717, 1.165) is 11.5 Å². The van der Waals surface area contributed by atoms with Crippen LogP contribution >= 0.6 is 0 Å². The van der Waals surface area contributed by atoms with E-state index >= 15 is 0 Å².